The van der Waals surface area contributed by atoms with Crippen molar-refractivity contribution in [1.29, 1.82) is 0 Å². The molecule has 0 aromatic carbocycles. The number of aromatic nitrogens is 4. The summed E-state index contributed by atoms with van der Waals surface area (Å²) in [6.07, 6.45) is 14.6. The second kappa shape index (κ2) is 11.0. The number of nitrogens with one attached hydrogen (secondary N) is 1. The van der Waals surface area contributed by atoms with Crippen molar-refractivity contribution in [3.63, 3.8) is 0 Å². The third-order valence-electron chi connectivity index (χ3n) is 5.46. The highest BCUT2D eigenvalue weighted by atomic mass is 16.2. The lowest BCUT2D eigenvalue weighted by molar-refractivity contribution is -0.127. The predicted octanol–water partition coefficient (Wildman–Crippen LogP) is 3.58. The molecule has 3 rings (SSSR count). The van der Waals surface area contributed by atoms with E-state index in [1.165, 1.54) is 32.1 Å². The molecule has 29 heavy (non-hydrogen) atoms. The number of likely N-dealkylation sites (tertiary alicyclic amines) is 1. The molecule has 3 heterocycles. The van der Waals surface area contributed by atoms with Crippen LogP contribution in [0.1, 0.15) is 75.7 Å². The van der Waals surface area contributed by atoms with E-state index in [0.717, 1.165) is 50.3 Å². The van der Waals surface area contributed by atoms with Crippen LogP contribution in [0.2, 0.25) is 0 Å². The minimum Gasteiger partial charge on any atom is -0.354 e. The second-order valence-corrected chi connectivity index (χ2v) is 7.91. The number of unbranched alkanes of at least 4 members (excludes halogenated alkanes) is 4. The van der Waals surface area contributed by atoms with Crippen LogP contribution in [0.3, 0.4) is 0 Å². The molecule has 1 fully saturated rings. The Kier molecular flexibility index (Phi) is 8.16. The highest BCUT2D eigenvalue weighted by Crippen LogP contribution is 2.25. The van der Waals surface area contributed by atoms with E-state index in [-0.39, 0.29) is 11.9 Å². The molecule has 1 amide bonds. The van der Waals surface area contributed by atoms with E-state index in [2.05, 4.69) is 27.1 Å². The molecular weight excluding hydrogens is 364 g/mol. The number of piperidine rings is 1. The smallest absolute Gasteiger partial charge is 0.243 e. The zero-order valence-electron chi connectivity index (χ0n) is 17.8. The molecule has 0 aliphatic carbocycles. The van der Waals surface area contributed by atoms with Gasteiger partial charge < -0.3 is 5.32 Å². The minimum atomic E-state index is -0.366. The van der Waals surface area contributed by atoms with Gasteiger partial charge >= 0.3 is 0 Å². The van der Waals surface area contributed by atoms with Crippen LogP contribution in [0.5, 0.6) is 0 Å². The molecule has 1 N–H and O–H groups in total. The summed E-state index contributed by atoms with van der Waals surface area (Å²) in [5.74, 6) is 0.615. The molecule has 0 spiro atoms. The lowest BCUT2D eigenvalue weighted by Gasteiger charge is -2.33. The van der Waals surface area contributed by atoms with Gasteiger partial charge in [0.05, 0.1) is 5.69 Å². The topological polar surface area (TPSA) is 75.9 Å². The van der Waals surface area contributed by atoms with Gasteiger partial charge in [0.1, 0.15) is 12.4 Å². The van der Waals surface area contributed by atoms with Crippen molar-refractivity contribution in [1.82, 2.24) is 29.7 Å². The number of imidazole rings is 1. The molecule has 0 saturated carbocycles. The summed E-state index contributed by atoms with van der Waals surface area (Å²) < 4.78 is 1.79. The summed E-state index contributed by atoms with van der Waals surface area (Å²) in [6.45, 7) is 6.75. The number of amides is 1. The van der Waals surface area contributed by atoms with E-state index in [4.69, 9.17) is 4.98 Å². The predicted molar refractivity (Wildman–Crippen MR) is 114 cm³/mol. The highest BCUT2D eigenvalue weighted by molar-refractivity contribution is 5.82. The number of hydrogen-bond acceptors (Lipinski definition) is 5. The van der Waals surface area contributed by atoms with Crippen molar-refractivity contribution in [2.45, 2.75) is 71.3 Å². The van der Waals surface area contributed by atoms with Crippen LogP contribution >= 0.6 is 0 Å². The Balaban J connectivity index is 1.76. The van der Waals surface area contributed by atoms with Gasteiger partial charge in [-0.3, -0.25) is 14.3 Å². The van der Waals surface area contributed by atoms with Crippen molar-refractivity contribution >= 4 is 5.91 Å². The maximum atomic E-state index is 13.2. The van der Waals surface area contributed by atoms with E-state index in [1.54, 1.807) is 17.1 Å². The quantitative estimate of drug-likeness (QED) is 0.619. The zero-order valence-corrected chi connectivity index (χ0v) is 17.8. The van der Waals surface area contributed by atoms with E-state index >= 15 is 0 Å². The average molecular weight is 399 g/mol. The number of rotatable bonds is 10. The number of carbonyl (C=O) groups excluding carboxylic acids is 1. The molecule has 1 unspecified atom stereocenters. The van der Waals surface area contributed by atoms with Crippen molar-refractivity contribution in [3.8, 4) is 5.95 Å². The Labute approximate surface area is 174 Å². The standard InChI is InChI=1S/C22H34N6O/c1-3-4-5-6-8-11-24-21(29)20(27-13-9-7-10-14-27)19-16-18(2)25-22(26-19)28-15-12-23-17-28/h12,15-17,20H,3-11,13-14H2,1-2H3,(H,24,29). The van der Waals surface area contributed by atoms with Crippen molar-refractivity contribution in [2.24, 2.45) is 0 Å². The van der Waals surface area contributed by atoms with Crippen LogP contribution in [-0.2, 0) is 4.79 Å². The van der Waals surface area contributed by atoms with Gasteiger partial charge in [-0.2, -0.15) is 0 Å². The van der Waals surface area contributed by atoms with E-state index in [1.807, 2.05) is 19.2 Å². The summed E-state index contributed by atoms with van der Waals surface area (Å²) in [6, 6.07) is 1.58. The largest absolute Gasteiger partial charge is 0.354 e. The first-order chi connectivity index (χ1) is 14.2. The van der Waals surface area contributed by atoms with Gasteiger partial charge in [-0.05, 0) is 45.3 Å². The number of nitrogens with zero attached hydrogens (tertiary/aromatic N) is 5. The summed E-state index contributed by atoms with van der Waals surface area (Å²) >= 11 is 0. The van der Waals surface area contributed by atoms with Crippen molar-refractivity contribution < 1.29 is 4.79 Å². The molecule has 1 aliphatic rings. The summed E-state index contributed by atoms with van der Waals surface area (Å²) in [5, 5.41) is 3.17. The van der Waals surface area contributed by atoms with E-state index < -0.39 is 0 Å². The van der Waals surface area contributed by atoms with Crippen LogP contribution in [0.25, 0.3) is 5.95 Å². The average Bonchev–Trinajstić information content (AvgIpc) is 3.26. The van der Waals surface area contributed by atoms with Crippen LogP contribution in [0.4, 0.5) is 0 Å². The van der Waals surface area contributed by atoms with Gasteiger partial charge in [0.25, 0.3) is 0 Å². The SMILES string of the molecule is CCCCCCCNC(=O)C(c1cc(C)nc(-n2ccnc2)n1)N1CCCCC1. The maximum absolute atomic E-state index is 13.2. The van der Waals surface area contributed by atoms with Gasteiger partial charge in [-0.25, -0.2) is 15.0 Å². The van der Waals surface area contributed by atoms with Crippen LogP contribution in [0.15, 0.2) is 24.8 Å². The molecule has 1 saturated heterocycles. The van der Waals surface area contributed by atoms with Crippen LogP contribution in [0, 0.1) is 6.92 Å². The van der Waals surface area contributed by atoms with Gasteiger partial charge in [-0.1, -0.05) is 39.0 Å². The van der Waals surface area contributed by atoms with Gasteiger partial charge in [0.15, 0.2) is 0 Å². The summed E-state index contributed by atoms with van der Waals surface area (Å²) in [7, 11) is 0. The van der Waals surface area contributed by atoms with Crippen molar-refractivity contribution in [3.05, 3.63) is 36.2 Å². The molecule has 1 atom stereocenters. The van der Waals surface area contributed by atoms with E-state index in [0.29, 0.717) is 5.95 Å². The van der Waals surface area contributed by atoms with Crippen molar-refractivity contribution in [2.75, 3.05) is 19.6 Å². The van der Waals surface area contributed by atoms with Crippen LogP contribution in [-0.4, -0.2) is 50.0 Å². The Bertz CT molecular complexity index is 755. The normalized spacial score (nSPS) is 15.9. The molecule has 2 aromatic heterocycles. The molecule has 0 radical (unpaired) electrons. The first-order valence-corrected chi connectivity index (χ1v) is 11.0. The molecule has 2 aromatic rings. The monoisotopic (exact) mass is 398 g/mol. The van der Waals surface area contributed by atoms with Gasteiger partial charge in [-0.15, -0.1) is 0 Å². The molecule has 7 heteroatoms. The third-order valence-corrected chi connectivity index (χ3v) is 5.46. The Morgan fingerprint density at radius 1 is 1.14 bits per heavy atom. The summed E-state index contributed by atoms with van der Waals surface area (Å²) in [5.41, 5.74) is 1.62. The van der Waals surface area contributed by atoms with Gasteiger partial charge in [0, 0.05) is 24.6 Å². The first kappa shape index (κ1) is 21.4. The lowest BCUT2D eigenvalue weighted by Crippen LogP contribution is -2.43. The second-order valence-electron chi connectivity index (χ2n) is 7.91. The number of aryl methyl sites for hydroxylation is 1. The van der Waals surface area contributed by atoms with Crippen LogP contribution < -0.4 is 5.32 Å². The minimum absolute atomic E-state index is 0.0528. The highest BCUT2D eigenvalue weighted by Gasteiger charge is 2.30. The Morgan fingerprint density at radius 2 is 1.93 bits per heavy atom. The fraction of sp³-hybridized carbons (Fsp3) is 0.636. The fourth-order valence-electron chi connectivity index (χ4n) is 3.91. The van der Waals surface area contributed by atoms with E-state index in [9.17, 15) is 4.79 Å². The third kappa shape index (κ3) is 6.10. The summed E-state index contributed by atoms with van der Waals surface area (Å²) in [4.78, 5) is 28.9. The molecule has 0 bridgehead atoms. The Morgan fingerprint density at radius 3 is 2.66 bits per heavy atom. The zero-order chi connectivity index (χ0) is 20.5. The fourth-order valence-corrected chi connectivity index (χ4v) is 3.91. The molecule has 1 aliphatic heterocycles. The molecular formula is C22H34N6O. The maximum Gasteiger partial charge on any atom is 0.243 e. The lowest BCUT2D eigenvalue weighted by atomic mass is 10.0. The Hall–Kier alpha value is -2.28. The first-order valence-electron chi connectivity index (χ1n) is 11.0. The molecule has 158 valence electrons. The number of hydrogen-bond donors (Lipinski definition) is 1. The molecule has 7 nitrogen and oxygen atoms in total. The number of carbonyl (C=O) groups is 1. The van der Waals surface area contributed by atoms with Gasteiger partial charge in [0.2, 0.25) is 11.9 Å².